The number of fused-ring (bicyclic) bond motifs is 1. The fourth-order valence-corrected chi connectivity index (χ4v) is 3.68. The van der Waals surface area contributed by atoms with Gasteiger partial charge < -0.3 is 9.84 Å². The van der Waals surface area contributed by atoms with Gasteiger partial charge in [0.05, 0.1) is 18.2 Å². The summed E-state index contributed by atoms with van der Waals surface area (Å²) in [6.07, 6.45) is 1.23. The highest BCUT2D eigenvalue weighted by Gasteiger charge is 2.22. The van der Waals surface area contributed by atoms with Gasteiger partial charge >= 0.3 is 0 Å². The van der Waals surface area contributed by atoms with Gasteiger partial charge in [-0.2, -0.15) is 0 Å². The topological polar surface area (TPSA) is 55.1 Å². The van der Waals surface area contributed by atoms with Gasteiger partial charge in [0, 0.05) is 16.7 Å². The highest BCUT2D eigenvalue weighted by Crippen LogP contribution is 2.36. The third-order valence-corrected chi connectivity index (χ3v) is 4.68. The van der Waals surface area contributed by atoms with Crippen LogP contribution in [0.2, 0.25) is 0 Å². The SMILES string of the molecule is Cc1ccc2c(c1)C(NC(=O)Cc1cc(C)on1)CCS2. The molecule has 1 aromatic heterocycles. The highest BCUT2D eigenvalue weighted by atomic mass is 32.2. The predicted octanol–water partition coefficient (Wildman–Crippen LogP) is 3.19. The molecule has 1 N–H and O–H groups in total. The van der Waals surface area contributed by atoms with E-state index < -0.39 is 0 Å². The molecule has 3 rings (SSSR count). The van der Waals surface area contributed by atoms with Crippen molar-refractivity contribution in [3.05, 3.63) is 46.8 Å². The molecule has 2 heterocycles. The predicted molar refractivity (Wildman–Crippen MR) is 82.3 cm³/mol. The summed E-state index contributed by atoms with van der Waals surface area (Å²) in [5.74, 6) is 1.75. The summed E-state index contributed by atoms with van der Waals surface area (Å²) in [7, 11) is 0. The van der Waals surface area contributed by atoms with Crippen molar-refractivity contribution in [3.8, 4) is 0 Å². The fraction of sp³-hybridized carbons (Fsp3) is 0.375. The first kappa shape index (κ1) is 14.2. The molecular formula is C16H18N2O2S. The maximum absolute atomic E-state index is 12.2. The minimum Gasteiger partial charge on any atom is -0.361 e. The van der Waals surface area contributed by atoms with Crippen LogP contribution < -0.4 is 5.32 Å². The van der Waals surface area contributed by atoms with Gasteiger partial charge in [-0.05, 0) is 31.9 Å². The molecule has 0 radical (unpaired) electrons. The molecule has 2 aromatic rings. The van der Waals surface area contributed by atoms with E-state index in [9.17, 15) is 4.79 Å². The average Bonchev–Trinajstić information content (AvgIpc) is 2.84. The largest absolute Gasteiger partial charge is 0.361 e. The van der Waals surface area contributed by atoms with Gasteiger partial charge in [-0.3, -0.25) is 4.79 Å². The Labute approximate surface area is 128 Å². The minimum absolute atomic E-state index is 0.00680. The number of hydrogen-bond donors (Lipinski definition) is 1. The Morgan fingerprint density at radius 2 is 2.29 bits per heavy atom. The van der Waals surface area contributed by atoms with E-state index in [4.69, 9.17) is 4.52 Å². The zero-order valence-corrected chi connectivity index (χ0v) is 13.0. The number of aryl methyl sites for hydroxylation is 2. The van der Waals surface area contributed by atoms with Crippen LogP contribution in [0.4, 0.5) is 0 Å². The van der Waals surface area contributed by atoms with Crippen molar-refractivity contribution in [2.45, 2.75) is 37.6 Å². The van der Waals surface area contributed by atoms with Crippen molar-refractivity contribution >= 4 is 17.7 Å². The maximum atomic E-state index is 12.2. The van der Waals surface area contributed by atoms with E-state index in [0.29, 0.717) is 5.69 Å². The van der Waals surface area contributed by atoms with Crippen LogP contribution in [0.15, 0.2) is 33.7 Å². The van der Waals surface area contributed by atoms with Gasteiger partial charge in [0.25, 0.3) is 0 Å². The Morgan fingerprint density at radius 1 is 1.43 bits per heavy atom. The molecule has 110 valence electrons. The first-order valence-corrected chi connectivity index (χ1v) is 8.05. The van der Waals surface area contributed by atoms with Gasteiger partial charge in [0.1, 0.15) is 5.76 Å². The van der Waals surface area contributed by atoms with Crippen LogP contribution in [0, 0.1) is 13.8 Å². The summed E-state index contributed by atoms with van der Waals surface area (Å²) in [6, 6.07) is 8.34. The van der Waals surface area contributed by atoms with Crippen molar-refractivity contribution in [2.75, 3.05) is 5.75 Å². The molecule has 1 aliphatic heterocycles. The molecule has 21 heavy (non-hydrogen) atoms. The number of hydrogen-bond acceptors (Lipinski definition) is 4. The summed E-state index contributed by atoms with van der Waals surface area (Å²) >= 11 is 1.86. The van der Waals surface area contributed by atoms with Gasteiger partial charge in [-0.25, -0.2) is 0 Å². The summed E-state index contributed by atoms with van der Waals surface area (Å²) in [5, 5.41) is 6.99. The number of amides is 1. The quantitative estimate of drug-likeness (QED) is 0.946. The number of nitrogens with one attached hydrogen (secondary N) is 1. The number of thioether (sulfide) groups is 1. The van der Waals surface area contributed by atoms with Gasteiger partial charge in [-0.15, -0.1) is 11.8 Å². The van der Waals surface area contributed by atoms with Crippen LogP contribution in [0.25, 0.3) is 0 Å². The third kappa shape index (κ3) is 3.29. The van der Waals surface area contributed by atoms with E-state index in [1.165, 1.54) is 16.0 Å². The maximum Gasteiger partial charge on any atom is 0.226 e. The number of nitrogens with zero attached hydrogens (tertiary/aromatic N) is 1. The third-order valence-electron chi connectivity index (χ3n) is 3.56. The molecule has 1 amide bonds. The Balaban J connectivity index is 1.71. The second-order valence-electron chi connectivity index (χ2n) is 5.40. The standard InChI is InChI=1S/C16H18N2O2S/c1-10-3-4-15-13(7-10)14(5-6-21-15)17-16(19)9-12-8-11(2)20-18-12/h3-4,7-8,14H,5-6,9H2,1-2H3,(H,17,19). The molecule has 0 bridgehead atoms. The first-order chi connectivity index (χ1) is 10.1. The number of benzene rings is 1. The van der Waals surface area contributed by atoms with Crippen LogP contribution in [0.5, 0.6) is 0 Å². The molecule has 0 spiro atoms. The monoisotopic (exact) mass is 302 g/mol. The smallest absolute Gasteiger partial charge is 0.226 e. The molecular weight excluding hydrogens is 284 g/mol. The van der Waals surface area contributed by atoms with E-state index in [0.717, 1.165) is 17.9 Å². The van der Waals surface area contributed by atoms with E-state index in [1.807, 2.05) is 18.7 Å². The molecule has 1 atom stereocenters. The summed E-state index contributed by atoms with van der Waals surface area (Å²) in [5.41, 5.74) is 3.14. The second kappa shape index (κ2) is 5.93. The molecule has 5 heteroatoms. The fourth-order valence-electron chi connectivity index (χ4n) is 2.57. The van der Waals surface area contributed by atoms with Crippen molar-refractivity contribution in [3.63, 3.8) is 0 Å². The lowest BCUT2D eigenvalue weighted by atomic mass is 10.0. The number of rotatable bonds is 3. The average molecular weight is 302 g/mol. The van der Waals surface area contributed by atoms with Crippen LogP contribution in [-0.2, 0) is 11.2 Å². The Morgan fingerprint density at radius 3 is 3.05 bits per heavy atom. The zero-order valence-electron chi connectivity index (χ0n) is 12.2. The van der Waals surface area contributed by atoms with Crippen LogP contribution in [0.3, 0.4) is 0 Å². The molecule has 1 aromatic carbocycles. The second-order valence-corrected chi connectivity index (χ2v) is 6.54. The summed E-state index contributed by atoms with van der Waals surface area (Å²) in [6.45, 7) is 3.91. The first-order valence-electron chi connectivity index (χ1n) is 7.07. The molecule has 1 unspecified atom stereocenters. The molecule has 1 aliphatic rings. The van der Waals surface area contributed by atoms with Gasteiger partial charge in [0.15, 0.2) is 0 Å². The van der Waals surface area contributed by atoms with E-state index in [-0.39, 0.29) is 18.4 Å². The zero-order chi connectivity index (χ0) is 14.8. The molecule has 0 saturated carbocycles. The number of carbonyl (C=O) groups excluding carboxylic acids is 1. The Bertz CT molecular complexity index is 666. The van der Waals surface area contributed by atoms with Crippen LogP contribution in [-0.4, -0.2) is 16.8 Å². The highest BCUT2D eigenvalue weighted by molar-refractivity contribution is 7.99. The Kier molecular flexibility index (Phi) is 4.01. The van der Waals surface area contributed by atoms with E-state index in [1.54, 1.807) is 6.07 Å². The molecule has 0 fully saturated rings. The normalized spacial score (nSPS) is 17.3. The van der Waals surface area contributed by atoms with E-state index >= 15 is 0 Å². The molecule has 0 saturated heterocycles. The van der Waals surface area contributed by atoms with Crippen molar-refractivity contribution < 1.29 is 9.32 Å². The minimum atomic E-state index is -0.00680. The summed E-state index contributed by atoms with van der Waals surface area (Å²) in [4.78, 5) is 13.5. The molecule has 4 nitrogen and oxygen atoms in total. The summed E-state index contributed by atoms with van der Waals surface area (Å²) < 4.78 is 4.99. The van der Waals surface area contributed by atoms with Gasteiger partial charge in [-0.1, -0.05) is 22.9 Å². The lowest BCUT2D eigenvalue weighted by molar-refractivity contribution is -0.121. The molecule has 0 aliphatic carbocycles. The van der Waals surface area contributed by atoms with Crippen molar-refractivity contribution in [1.82, 2.24) is 10.5 Å². The number of carbonyl (C=O) groups is 1. The number of aromatic nitrogens is 1. The van der Waals surface area contributed by atoms with Gasteiger partial charge in [0.2, 0.25) is 5.91 Å². The van der Waals surface area contributed by atoms with Crippen molar-refractivity contribution in [2.24, 2.45) is 0 Å². The Hall–Kier alpha value is -1.75. The van der Waals surface area contributed by atoms with Crippen LogP contribution in [0.1, 0.15) is 35.0 Å². The lowest BCUT2D eigenvalue weighted by Gasteiger charge is -2.26. The van der Waals surface area contributed by atoms with Crippen LogP contribution >= 0.6 is 11.8 Å². The lowest BCUT2D eigenvalue weighted by Crippen LogP contribution is -2.31. The van der Waals surface area contributed by atoms with E-state index in [2.05, 4.69) is 35.6 Å². The van der Waals surface area contributed by atoms with Crippen molar-refractivity contribution in [1.29, 1.82) is 0 Å².